The second kappa shape index (κ2) is 6.85. The van der Waals surface area contributed by atoms with E-state index in [1.54, 1.807) is 0 Å². The molecule has 0 unspecified atom stereocenters. The van der Waals surface area contributed by atoms with E-state index in [1.165, 1.54) is 12.8 Å². The summed E-state index contributed by atoms with van der Waals surface area (Å²) in [6.07, 6.45) is 2.38. The van der Waals surface area contributed by atoms with E-state index in [2.05, 4.69) is 16.8 Å². The van der Waals surface area contributed by atoms with E-state index in [4.69, 9.17) is 0 Å². The third-order valence-electron chi connectivity index (χ3n) is 6.08. The lowest BCUT2D eigenvalue weighted by atomic mass is 9.96. The van der Waals surface area contributed by atoms with Gasteiger partial charge in [0.2, 0.25) is 0 Å². The largest absolute Gasteiger partial charge is 0.369 e. The van der Waals surface area contributed by atoms with Gasteiger partial charge in [-0.15, -0.1) is 0 Å². The van der Waals surface area contributed by atoms with Gasteiger partial charge in [-0.3, -0.25) is 4.79 Å². The van der Waals surface area contributed by atoms with Gasteiger partial charge in [0.1, 0.15) is 0 Å². The number of amides is 1. The first kappa shape index (κ1) is 17.8. The molecule has 142 valence electrons. The van der Waals surface area contributed by atoms with Crippen molar-refractivity contribution in [2.45, 2.75) is 18.9 Å². The summed E-state index contributed by atoms with van der Waals surface area (Å²) in [7, 11) is -0.741. The Kier molecular flexibility index (Phi) is 4.69. The molecule has 0 saturated carbocycles. The molecule has 26 heavy (non-hydrogen) atoms. The lowest BCUT2D eigenvalue weighted by Crippen LogP contribution is -2.42. The van der Waals surface area contributed by atoms with E-state index in [0.717, 1.165) is 25.3 Å². The molecule has 4 saturated heterocycles. The van der Waals surface area contributed by atoms with Gasteiger partial charge in [-0.25, -0.2) is 8.42 Å². The molecule has 1 aromatic rings. The van der Waals surface area contributed by atoms with Crippen LogP contribution in [0.15, 0.2) is 24.3 Å². The van der Waals surface area contributed by atoms with Crippen LogP contribution in [0.25, 0.3) is 0 Å². The highest BCUT2D eigenvalue weighted by Crippen LogP contribution is 2.28. The highest BCUT2D eigenvalue weighted by Gasteiger charge is 2.35. The maximum Gasteiger partial charge on any atom is 0.253 e. The number of fused-ring (bicyclic) bond motifs is 4. The van der Waals surface area contributed by atoms with Crippen LogP contribution in [-0.2, 0) is 9.84 Å². The molecule has 4 aliphatic rings. The zero-order chi connectivity index (χ0) is 18.3. The number of anilines is 1. The lowest BCUT2D eigenvalue weighted by Gasteiger charge is -2.32. The van der Waals surface area contributed by atoms with Crippen molar-refractivity contribution in [2.24, 2.45) is 5.92 Å². The molecule has 2 atom stereocenters. The monoisotopic (exact) mass is 377 g/mol. The van der Waals surface area contributed by atoms with Crippen molar-refractivity contribution in [2.75, 3.05) is 56.2 Å². The summed E-state index contributed by atoms with van der Waals surface area (Å²) in [5.41, 5.74) is 1.65. The Morgan fingerprint density at radius 3 is 2.58 bits per heavy atom. The number of benzene rings is 1. The lowest BCUT2D eigenvalue weighted by molar-refractivity contribution is 0.0742. The predicted molar refractivity (Wildman–Crippen MR) is 102 cm³/mol. The second-order valence-corrected chi connectivity index (χ2v) is 10.2. The van der Waals surface area contributed by atoms with E-state index in [-0.39, 0.29) is 17.4 Å². The van der Waals surface area contributed by atoms with Gasteiger partial charge in [0.05, 0.1) is 11.5 Å². The first-order chi connectivity index (χ1) is 12.4. The summed E-state index contributed by atoms with van der Waals surface area (Å²) in [5, 5.41) is 0. The molecule has 1 amide bonds. The van der Waals surface area contributed by atoms with Gasteiger partial charge in [-0.1, -0.05) is 6.07 Å². The summed E-state index contributed by atoms with van der Waals surface area (Å²) in [4.78, 5) is 19.6. The van der Waals surface area contributed by atoms with E-state index >= 15 is 0 Å². The van der Waals surface area contributed by atoms with Crippen molar-refractivity contribution < 1.29 is 13.2 Å². The van der Waals surface area contributed by atoms with Gasteiger partial charge >= 0.3 is 0 Å². The van der Waals surface area contributed by atoms with Crippen molar-refractivity contribution in [3.05, 3.63) is 29.8 Å². The van der Waals surface area contributed by atoms with Crippen molar-refractivity contribution in [1.82, 2.24) is 9.80 Å². The molecular formula is C19H27N3O3S. The van der Waals surface area contributed by atoms with Crippen molar-refractivity contribution in [3.63, 3.8) is 0 Å². The smallest absolute Gasteiger partial charge is 0.253 e. The normalized spacial score (nSPS) is 28.8. The van der Waals surface area contributed by atoms with Crippen LogP contribution in [-0.4, -0.2) is 81.4 Å². The fraction of sp³-hybridized carbons (Fsp3) is 0.632. The maximum absolute atomic E-state index is 13.1. The predicted octanol–water partition coefficient (Wildman–Crippen LogP) is 1.09. The highest BCUT2D eigenvalue weighted by molar-refractivity contribution is 7.91. The summed E-state index contributed by atoms with van der Waals surface area (Å²) in [6, 6.07) is 8.15. The Labute approximate surface area is 155 Å². The van der Waals surface area contributed by atoms with E-state index in [0.29, 0.717) is 30.6 Å². The van der Waals surface area contributed by atoms with Crippen molar-refractivity contribution in [3.8, 4) is 0 Å². The molecule has 4 heterocycles. The third kappa shape index (κ3) is 3.60. The zero-order valence-electron chi connectivity index (χ0n) is 15.3. The van der Waals surface area contributed by atoms with Crippen LogP contribution in [0.1, 0.15) is 23.2 Å². The summed E-state index contributed by atoms with van der Waals surface area (Å²) in [5.74, 6) is 1.04. The molecule has 4 fully saturated rings. The molecule has 0 spiro atoms. The first-order valence-electron chi connectivity index (χ1n) is 9.46. The number of rotatable bonds is 2. The van der Waals surface area contributed by atoms with Crippen LogP contribution in [0.2, 0.25) is 0 Å². The van der Waals surface area contributed by atoms with Crippen LogP contribution in [0, 0.1) is 5.92 Å². The van der Waals surface area contributed by atoms with Crippen LogP contribution >= 0.6 is 0 Å². The Morgan fingerprint density at radius 2 is 1.85 bits per heavy atom. The number of carbonyl (C=O) groups is 1. The fourth-order valence-corrected chi connectivity index (χ4v) is 5.67. The number of hydrogen-bond acceptors (Lipinski definition) is 5. The molecule has 1 aromatic carbocycles. The number of sulfone groups is 1. The molecule has 2 bridgehead atoms. The molecular weight excluding hydrogens is 350 g/mol. The van der Waals surface area contributed by atoms with Gasteiger partial charge < -0.3 is 14.7 Å². The van der Waals surface area contributed by atoms with Crippen molar-refractivity contribution in [1.29, 1.82) is 0 Å². The number of likely N-dealkylation sites (N-methyl/N-ethyl adjacent to an activating group) is 1. The molecule has 7 heteroatoms. The standard InChI is InChI=1S/C19H27N3O3S/c1-20-12-15-5-6-18(20)14-22(13-15)19(23)16-3-2-4-17(11-16)21-7-9-26(24,25)10-8-21/h2-4,11,15,18H,5-10,12-14H2,1H3/t15-,18-/m0/s1. The molecule has 0 radical (unpaired) electrons. The minimum absolute atomic E-state index is 0.101. The minimum atomic E-state index is -2.90. The van der Waals surface area contributed by atoms with Gasteiger partial charge in [-0.2, -0.15) is 0 Å². The number of carbonyl (C=O) groups excluding carboxylic acids is 1. The van der Waals surface area contributed by atoms with E-state index in [1.807, 2.05) is 29.2 Å². The summed E-state index contributed by atoms with van der Waals surface area (Å²) < 4.78 is 23.3. The maximum atomic E-state index is 13.1. The minimum Gasteiger partial charge on any atom is -0.369 e. The van der Waals surface area contributed by atoms with Crippen LogP contribution < -0.4 is 4.90 Å². The fourth-order valence-electron chi connectivity index (χ4n) is 4.47. The topological polar surface area (TPSA) is 60.9 Å². The number of hydrogen-bond donors (Lipinski definition) is 0. The van der Waals surface area contributed by atoms with E-state index < -0.39 is 9.84 Å². The van der Waals surface area contributed by atoms with Crippen LogP contribution in [0.5, 0.6) is 0 Å². The first-order valence-corrected chi connectivity index (χ1v) is 11.3. The highest BCUT2D eigenvalue weighted by atomic mass is 32.2. The SMILES string of the molecule is CN1C[C@@H]2CC[C@H]1CN(C(=O)c1cccc(N3CCS(=O)(=O)CC3)c1)C2. The van der Waals surface area contributed by atoms with Crippen molar-refractivity contribution >= 4 is 21.4 Å². The molecule has 0 aliphatic carbocycles. The average Bonchev–Trinajstić information content (AvgIpc) is 2.92. The zero-order valence-corrected chi connectivity index (χ0v) is 16.1. The Bertz CT molecular complexity index is 781. The second-order valence-electron chi connectivity index (χ2n) is 7.94. The van der Waals surface area contributed by atoms with Gasteiger partial charge in [-0.05, 0) is 44.0 Å². The average molecular weight is 378 g/mol. The van der Waals surface area contributed by atoms with E-state index in [9.17, 15) is 13.2 Å². The number of piperidine rings is 1. The Balaban J connectivity index is 1.50. The van der Waals surface area contributed by atoms with Crippen LogP contribution in [0.3, 0.4) is 0 Å². The number of nitrogens with zero attached hydrogens (tertiary/aromatic N) is 3. The molecule has 5 rings (SSSR count). The van der Waals surface area contributed by atoms with Gasteiger partial charge in [0.15, 0.2) is 9.84 Å². The molecule has 6 nitrogen and oxygen atoms in total. The molecule has 0 aromatic heterocycles. The molecule has 4 aliphatic heterocycles. The van der Waals surface area contributed by atoms with Crippen LogP contribution in [0.4, 0.5) is 5.69 Å². The quantitative estimate of drug-likeness (QED) is 0.772. The molecule has 0 N–H and O–H groups in total. The Morgan fingerprint density at radius 1 is 1.08 bits per heavy atom. The van der Waals surface area contributed by atoms with Gasteiger partial charge in [0.25, 0.3) is 5.91 Å². The summed E-state index contributed by atoms with van der Waals surface area (Å²) >= 11 is 0. The van der Waals surface area contributed by atoms with Gasteiger partial charge in [0, 0.05) is 50.0 Å². The summed E-state index contributed by atoms with van der Waals surface area (Å²) in [6.45, 7) is 3.72. The Hall–Kier alpha value is -1.60. The third-order valence-corrected chi connectivity index (χ3v) is 7.69.